The van der Waals surface area contributed by atoms with E-state index in [0.29, 0.717) is 11.7 Å². The van der Waals surface area contributed by atoms with Crippen LogP contribution in [0.1, 0.15) is 42.6 Å². The van der Waals surface area contributed by atoms with Gasteiger partial charge in [0.25, 0.3) is 11.5 Å². The summed E-state index contributed by atoms with van der Waals surface area (Å²) in [7, 11) is 1.52. The summed E-state index contributed by atoms with van der Waals surface area (Å²) in [4.78, 5) is 31.9. The summed E-state index contributed by atoms with van der Waals surface area (Å²) in [6.45, 7) is 4.18. The summed E-state index contributed by atoms with van der Waals surface area (Å²) >= 11 is 0. The van der Waals surface area contributed by atoms with E-state index >= 15 is 0 Å². The number of rotatable bonds is 5. The fraction of sp³-hybridized carbons (Fsp3) is 0.333. The Balaban J connectivity index is 1.88. The molecule has 1 amide bonds. The molecular formula is C18H21N5O2. The SMILES string of the molecule is CC(C)C[C@H](NC(=O)c1ccc(=O)n(C)n1)c1nc2ccccc2[nH]1. The van der Waals surface area contributed by atoms with Gasteiger partial charge in [0, 0.05) is 13.1 Å². The standard InChI is InChI=1S/C18H21N5O2/c1-11(2)10-15(17-19-12-6-4-5-7-13(12)20-17)21-18(25)14-8-9-16(24)23(3)22-14/h4-9,11,15H,10H2,1-3H3,(H,19,20)(H,21,25)/t15-/m0/s1. The fourth-order valence-corrected chi connectivity index (χ4v) is 2.70. The Kier molecular flexibility index (Phi) is 4.65. The molecular weight excluding hydrogens is 318 g/mol. The minimum atomic E-state index is -0.332. The van der Waals surface area contributed by atoms with Gasteiger partial charge in [-0.05, 0) is 30.5 Å². The number of fused-ring (bicyclic) bond motifs is 1. The molecule has 2 heterocycles. The topological polar surface area (TPSA) is 92.7 Å². The molecule has 1 aromatic carbocycles. The van der Waals surface area contributed by atoms with Crippen molar-refractivity contribution in [3.63, 3.8) is 0 Å². The van der Waals surface area contributed by atoms with Gasteiger partial charge < -0.3 is 10.3 Å². The quantitative estimate of drug-likeness (QED) is 0.745. The molecule has 1 atom stereocenters. The predicted octanol–water partition coefficient (Wildman–Crippen LogP) is 2.17. The Morgan fingerprint density at radius 1 is 1.24 bits per heavy atom. The molecule has 0 spiro atoms. The summed E-state index contributed by atoms with van der Waals surface area (Å²) in [6, 6.07) is 10.3. The molecule has 0 fully saturated rings. The number of amides is 1. The van der Waals surface area contributed by atoms with Crippen LogP contribution in [0.15, 0.2) is 41.2 Å². The number of aromatic amines is 1. The highest BCUT2D eigenvalue weighted by atomic mass is 16.2. The zero-order valence-corrected chi connectivity index (χ0v) is 14.5. The third kappa shape index (κ3) is 3.76. The van der Waals surface area contributed by atoms with Crippen molar-refractivity contribution in [1.29, 1.82) is 0 Å². The molecule has 0 unspecified atom stereocenters. The highest BCUT2D eigenvalue weighted by molar-refractivity contribution is 5.92. The van der Waals surface area contributed by atoms with Crippen LogP contribution in [-0.4, -0.2) is 25.7 Å². The van der Waals surface area contributed by atoms with Crippen LogP contribution < -0.4 is 10.9 Å². The van der Waals surface area contributed by atoms with Crippen molar-refractivity contribution in [1.82, 2.24) is 25.1 Å². The Labute approximate surface area is 145 Å². The van der Waals surface area contributed by atoms with E-state index in [1.165, 1.54) is 19.2 Å². The number of carbonyl (C=O) groups is 1. The van der Waals surface area contributed by atoms with Gasteiger partial charge in [-0.25, -0.2) is 9.67 Å². The van der Waals surface area contributed by atoms with Crippen LogP contribution in [0.4, 0.5) is 0 Å². The van der Waals surface area contributed by atoms with Crippen LogP contribution in [0.2, 0.25) is 0 Å². The molecule has 25 heavy (non-hydrogen) atoms. The highest BCUT2D eigenvalue weighted by Crippen LogP contribution is 2.22. The van der Waals surface area contributed by atoms with E-state index in [1.807, 2.05) is 24.3 Å². The van der Waals surface area contributed by atoms with Crippen molar-refractivity contribution in [3.8, 4) is 0 Å². The fourth-order valence-electron chi connectivity index (χ4n) is 2.70. The summed E-state index contributed by atoms with van der Waals surface area (Å²) in [6.07, 6.45) is 0.733. The Morgan fingerprint density at radius 3 is 2.68 bits per heavy atom. The minimum absolute atomic E-state index is 0.201. The number of para-hydroxylation sites is 2. The van der Waals surface area contributed by atoms with Gasteiger partial charge in [0.05, 0.1) is 17.1 Å². The maximum Gasteiger partial charge on any atom is 0.272 e. The second-order valence-electron chi connectivity index (χ2n) is 6.48. The van der Waals surface area contributed by atoms with Crippen LogP contribution in [0.25, 0.3) is 11.0 Å². The summed E-state index contributed by atoms with van der Waals surface area (Å²) in [5, 5.41) is 6.98. The molecule has 7 nitrogen and oxygen atoms in total. The molecule has 3 aromatic rings. The molecule has 2 N–H and O–H groups in total. The summed E-state index contributed by atoms with van der Waals surface area (Å²) in [5.74, 6) is 0.751. The third-order valence-corrected chi connectivity index (χ3v) is 3.94. The Bertz CT molecular complexity index is 924. The van der Waals surface area contributed by atoms with E-state index in [1.54, 1.807) is 0 Å². The lowest BCUT2D eigenvalue weighted by molar-refractivity contribution is 0.0922. The van der Waals surface area contributed by atoms with E-state index in [0.717, 1.165) is 22.1 Å². The van der Waals surface area contributed by atoms with Crippen LogP contribution >= 0.6 is 0 Å². The van der Waals surface area contributed by atoms with Gasteiger partial charge >= 0.3 is 0 Å². The van der Waals surface area contributed by atoms with E-state index in [4.69, 9.17) is 0 Å². The van der Waals surface area contributed by atoms with Gasteiger partial charge in [-0.1, -0.05) is 26.0 Å². The van der Waals surface area contributed by atoms with Crippen LogP contribution in [0.3, 0.4) is 0 Å². The Hall–Kier alpha value is -2.96. The first-order chi connectivity index (χ1) is 11.9. The molecule has 0 aliphatic heterocycles. The zero-order valence-electron chi connectivity index (χ0n) is 14.5. The normalized spacial score (nSPS) is 12.5. The lowest BCUT2D eigenvalue weighted by Crippen LogP contribution is -2.32. The van der Waals surface area contributed by atoms with Gasteiger partial charge in [-0.15, -0.1) is 0 Å². The largest absolute Gasteiger partial charge is 0.341 e. The van der Waals surface area contributed by atoms with Gasteiger partial charge in [0.2, 0.25) is 0 Å². The number of H-pyrrole nitrogens is 1. The number of aromatic nitrogens is 4. The molecule has 0 radical (unpaired) electrons. The van der Waals surface area contributed by atoms with Crippen LogP contribution in [0, 0.1) is 5.92 Å². The van der Waals surface area contributed by atoms with Crippen LogP contribution in [-0.2, 0) is 7.05 Å². The number of carbonyl (C=O) groups excluding carboxylic acids is 1. The number of benzene rings is 1. The number of aryl methyl sites for hydroxylation is 1. The van der Waals surface area contributed by atoms with E-state index in [-0.39, 0.29) is 23.2 Å². The van der Waals surface area contributed by atoms with E-state index in [2.05, 4.69) is 34.2 Å². The molecule has 0 saturated carbocycles. The van der Waals surface area contributed by atoms with E-state index in [9.17, 15) is 9.59 Å². The van der Waals surface area contributed by atoms with E-state index < -0.39 is 0 Å². The van der Waals surface area contributed by atoms with Gasteiger partial charge in [0.1, 0.15) is 11.5 Å². The smallest absolute Gasteiger partial charge is 0.272 e. The van der Waals surface area contributed by atoms with Crippen molar-refractivity contribution in [2.75, 3.05) is 0 Å². The molecule has 0 saturated heterocycles. The van der Waals surface area contributed by atoms with Crippen molar-refractivity contribution in [3.05, 3.63) is 58.3 Å². The van der Waals surface area contributed by atoms with Crippen LogP contribution in [0.5, 0.6) is 0 Å². The number of hydrogen-bond donors (Lipinski definition) is 2. The van der Waals surface area contributed by atoms with Gasteiger partial charge in [-0.3, -0.25) is 9.59 Å². The molecule has 3 rings (SSSR count). The molecule has 7 heteroatoms. The molecule has 0 bridgehead atoms. The van der Waals surface area contributed by atoms with Crippen molar-refractivity contribution in [2.45, 2.75) is 26.3 Å². The maximum absolute atomic E-state index is 12.6. The average Bonchev–Trinajstić information content (AvgIpc) is 3.00. The number of nitrogens with zero attached hydrogens (tertiary/aromatic N) is 3. The van der Waals surface area contributed by atoms with Gasteiger partial charge in [-0.2, -0.15) is 5.10 Å². The lowest BCUT2D eigenvalue weighted by atomic mass is 10.0. The minimum Gasteiger partial charge on any atom is -0.341 e. The highest BCUT2D eigenvalue weighted by Gasteiger charge is 2.21. The zero-order chi connectivity index (χ0) is 18.0. The van der Waals surface area contributed by atoms with Crippen molar-refractivity contribution >= 4 is 16.9 Å². The van der Waals surface area contributed by atoms with Gasteiger partial charge in [0.15, 0.2) is 0 Å². The predicted molar refractivity (Wildman–Crippen MR) is 95.2 cm³/mol. The number of hydrogen-bond acceptors (Lipinski definition) is 4. The molecule has 0 aliphatic carbocycles. The Morgan fingerprint density at radius 2 is 2.00 bits per heavy atom. The first kappa shape index (κ1) is 16.9. The average molecular weight is 339 g/mol. The van der Waals surface area contributed by atoms with Crippen molar-refractivity contribution in [2.24, 2.45) is 13.0 Å². The third-order valence-electron chi connectivity index (χ3n) is 3.94. The second-order valence-corrected chi connectivity index (χ2v) is 6.48. The molecule has 0 aliphatic rings. The summed E-state index contributed by atoms with van der Waals surface area (Å²) in [5.41, 5.74) is 1.74. The molecule has 130 valence electrons. The number of nitrogens with one attached hydrogen (secondary N) is 2. The first-order valence-electron chi connectivity index (χ1n) is 8.24. The summed E-state index contributed by atoms with van der Waals surface area (Å²) < 4.78 is 1.15. The lowest BCUT2D eigenvalue weighted by Gasteiger charge is -2.18. The molecule has 2 aromatic heterocycles. The first-order valence-corrected chi connectivity index (χ1v) is 8.24. The van der Waals surface area contributed by atoms with Crippen molar-refractivity contribution < 1.29 is 4.79 Å². The second kappa shape index (κ2) is 6.88. The number of imidazole rings is 1. The maximum atomic E-state index is 12.6. The monoisotopic (exact) mass is 339 g/mol.